The van der Waals surface area contributed by atoms with Gasteiger partial charge in [0.15, 0.2) is 17.5 Å². The SMILES string of the molecule is [2H]c1cc(Oc2cc([2H])c(-c3nc(-c4ccccc4)nc(-c4ccc5c(c4)oc4c(-c6ccccc6)cccc45)n3)c3c(C)c([2H])c([2H])c([2H])c23)c([2H])c([2H])c1[2H]. The topological polar surface area (TPSA) is 61.0 Å². The molecule has 5 nitrogen and oxygen atoms in total. The Morgan fingerprint density at radius 2 is 1.33 bits per heavy atom. The zero-order valence-electron chi connectivity index (χ0n) is 34.1. The Labute approximate surface area is 294 Å². The first-order chi connectivity index (χ1) is 27.5. The van der Waals surface area contributed by atoms with Crippen LogP contribution in [0.2, 0.25) is 0 Å². The number of aryl methyl sites for hydroxylation is 1. The molecule has 2 heterocycles. The Morgan fingerprint density at radius 3 is 2.16 bits per heavy atom. The normalized spacial score (nSPS) is 13.7. The van der Waals surface area contributed by atoms with E-state index in [0.29, 0.717) is 22.5 Å². The van der Waals surface area contributed by atoms with Crippen LogP contribution in [-0.4, -0.2) is 15.0 Å². The Morgan fingerprint density at radius 1 is 0.551 bits per heavy atom. The van der Waals surface area contributed by atoms with Crippen molar-refractivity contribution >= 4 is 32.7 Å². The Hall–Kier alpha value is -6.59. The smallest absolute Gasteiger partial charge is 0.164 e. The third-order valence-electron chi connectivity index (χ3n) is 8.38. The molecule has 0 saturated carbocycles. The van der Waals surface area contributed by atoms with Gasteiger partial charge in [-0.15, -0.1) is 0 Å². The average Bonchev–Trinajstić information content (AvgIpc) is 3.62. The van der Waals surface area contributed by atoms with E-state index >= 15 is 0 Å². The molecule has 0 bridgehead atoms. The third-order valence-corrected chi connectivity index (χ3v) is 8.38. The van der Waals surface area contributed by atoms with Crippen LogP contribution in [0.4, 0.5) is 0 Å². The van der Waals surface area contributed by atoms with Gasteiger partial charge in [0.25, 0.3) is 0 Å². The molecular formula is C44H29N3O2. The van der Waals surface area contributed by atoms with Gasteiger partial charge in [-0.05, 0) is 59.8 Å². The van der Waals surface area contributed by atoms with E-state index in [1.54, 1.807) is 6.92 Å². The molecule has 232 valence electrons. The molecule has 0 aliphatic rings. The minimum Gasteiger partial charge on any atom is -0.457 e. The van der Waals surface area contributed by atoms with Crippen molar-refractivity contribution in [1.29, 1.82) is 0 Å². The van der Waals surface area contributed by atoms with Crippen LogP contribution < -0.4 is 4.74 Å². The van der Waals surface area contributed by atoms with Crippen LogP contribution in [0.5, 0.6) is 11.5 Å². The molecule has 0 atom stereocenters. The largest absolute Gasteiger partial charge is 0.457 e. The lowest BCUT2D eigenvalue weighted by Gasteiger charge is -2.15. The summed E-state index contributed by atoms with van der Waals surface area (Å²) in [5, 5.41) is 2.16. The number of nitrogens with zero attached hydrogens (tertiary/aromatic N) is 3. The van der Waals surface area contributed by atoms with E-state index in [2.05, 4.69) is 0 Å². The van der Waals surface area contributed by atoms with Gasteiger partial charge in [0.1, 0.15) is 22.7 Å². The van der Waals surface area contributed by atoms with Gasteiger partial charge in [0.05, 0.1) is 11.0 Å². The molecule has 0 N–H and O–H groups in total. The van der Waals surface area contributed by atoms with Crippen molar-refractivity contribution in [2.45, 2.75) is 6.92 Å². The minimum absolute atomic E-state index is 0.0630. The average molecular weight is 640 g/mol. The molecule has 0 unspecified atom stereocenters. The van der Waals surface area contributed by atoms with Crippen molar-refractivity contribution in [2.75, 3.05) is 0 Å². The molecule has 0 saturated heterocycles. The van der Waals surface area contributed by atoms with Gasteiger partial charge in [-0.3, -0.25) is 0 Å². The minimum atomic E-state index is -0.509. The lowest BCUT2D eigenvalue weighted by molar-refractivity contribution is 0.488. The van der Waals surface area contributed by atoms with E-state index in [-0.39, 0.29) is 75.3 Å². The summed E-state index contributed by atoms with van der Waals surface area (Å²) in [7, 11) is 0. The molecule has 2 aromatic heterocycles. The second-order valence-corrected chi connectivity index (χ2v) is 11.4. The van der Waals surface area contributed by atoms with Gasteiger partial charge >= 0.3 is 0 Å². The maximum absolute atomic E-state index is 9.36. The van der Waals surface area contributed by atoms with Crippen molar-refractivity contribution in [2.24, 2.45) is 0 Å². The predicted molar refractivity (Wildman–Crippen MR) is 198 cm³/mol. The van der Waals surface area contributed by atoms with Crippen molar-refractivity contribution in [3.8, 4) is 56.8 Å². The number of hydrogen-bond donors (Lipinski definition) is 0. The first-order valence-electron chi connectivity index (χ1n) is 19.6. The van der Waals surface area contributed by atoms with Crippen LogP contribution >= 0.6 is 0 Å². The molecule has 0 spiro atoms. The molecule has 0 aliphatic heterocycles. The first kappa shape index (κ1) is 21.3. The summed E-state index contributed by atoms with van der Waals surface area (Å²) >= 11 is 0. The summed E-state index contributed by atoms with van der Waals surface area (Å²) in [5.41, 5.74) is 5.10. The number of hydrogen-bond acceptors (Lipinski definition) is 5. The molecule has 5 heteroatoms. The molecule has 7 aromatic carbocycles. The fraction of sp³-hybridized carbons (Fsp3) is 0.0227. The fourth-order valence-electron chi connectivity index (χ4n) is 6.09. The number of rotatable bonds is 6. The highest BCUT2D eigenvalue weighted by Gasteiger charge is 2.19. The summed E-state index contributed by atoms with van der Waals surface area (Å²) in [4.78, 5) is 14.7. The van der Waals surface area contributed by atoms with E-state index < -0.39 is 18.1 Å². The lowest BCUT2D eigenvalue weighted by Crippen LogP contribution is -2.01. The van der Waals surface area contributed by atoms with Gasteiger partial charge in [0.2, 0.25) is 0 Å². The van der Waals surface area contributed by atoms with E-state index in [4.69, 9.17) is 33.7 Å². The van der Waals surface area contributed by atoms with Gasteiger partial charge in [-0.2, -0.15) is 0 Å². The summed E-state index contributed by atoms with van der Waals surface area (Å²) in [6, 6.07) is 30.7. The maximum atomic E-state index is 9.36. The van der Waals surface area contributed by atoms with E-state index in [9.17, 15) is 1.37 Å². The predicted octanol–water partition coefficient (Wildman–Crippen LogP) is 11.7. The molecular weight excluding hydrogens is 603 g/mol. The highest BCUT2D eigenvalue weighted by atomic mass is 16.5. The van der Waals surface area contributed by atoms with Gasteiger partial charge in [0, 0.05) is 38.4 Å². The van der Waals surface area contributed by atoms with E-state index in [0.717, 1.165) is 33.5 Å². The van der Waals surface area contributed by atoms with Gasteiger partial charge in [-0.25, -0.2) is 15.0 Å². The number of benzene rings is 7. The summed E-state index contributed by atoms with van der Waals surface area (Å²) in [6.45, 7) is 1.61. The standard InChI is InChI=1S/C44H29N3O2/c1-28-13-11-22-36-38(48-32-18-9-4-10-19-32)26-25-37(40(28)36)44-46-42(30-16-7-3-8-17-30)45-43(47-44)31-23-24-34-35-21-12-20-33(29-14-5-2-6-15-29)41(35)49-39(34)27-31/h2-27H,1H3/i4D,9D,10D,11D,13D,18D,22D,25D. The quantitative estimate of drug-likeness (QED) is 0.181. The molecule has 0 amide bonds. The molecule has 0 fully saturated rings. The van der Waals surface area contributed by atoms with E-state index in [1.807, 2.05) is 97.1 Å². The molecule has 49 heavy (non-hydrogen) atoms. The van der Waals surface area contributed by atoms with Crippen LogP contribution in [-0.2, 0) is 0 Å². The Kier molecular flexibility index (Phi) is 5.17. The van der Waals surface area contributed by atoms with Gasteiger partial charge < -0.3 is 9.15 Å². The first-order valence-corrected chi connectivity index (χ1v) is 15.6. The maximum Gasteiger partial charge on any atom is 0.164 e. The van der Waals surface area contributed by atoms with Crippen molar-refractivity contribution in [1.82, 2.24) is 15.0 Å². The van der Waals surface area contributed by atoms with Crippen molar-refractivity contribution < 1.29 is 20.1 Å². The molecule has 9 rings (SSSR count). The monoisotopic (exact) mass is 639 g/mol. The number of ether oxygens (including phenoxy) is 1. The zero-order valence-corrected chi connectivity index (χ0v) is 26.1. The number of para-hydroxylation sites is 2. The van der Waals surface area contributed by atoms with Crippen molar-refractivity contribution in [3.05, 3.63) is 163 Å². The summed E-state index contributed by atoms with van der Waals surface area (Å²) in [6.07, 6.45) is 0. The highest BCUT2D eigenvalue weighted by Crippen LogP contribution is 2.40. The lowest BCUT2D eigenvalue weighted by atomic mass is 9.98. The second kappa shape index (κ2) is 11.9. The fourth-order valence-corrected chi connectivity index (χ4v) is 6.09. The van der Waals surface area contributed by atoms with Crippen LogP contribution in [0.1, 0.15) is 16.5 Å². The highest BCUT2D eigenvalue weighted by molar-refractivity contribution is 6.10. The van der Waals surface area contributed by atoms with Crippen LogP contribution in [0.3, 0.4) is 0 Å². The Balaban J connectivity index is 1.28. The van der Waals surface area contributed by atoms with Crippen LogP contribution in [0, 0.1) is 6.92 Å². The molecule has 9 aromatic rings. The number of furan rings is 1. The third kappa shape index (κ3) is 5.18. The molecule has 0 aliphatic carbocycles. The zero-order chi connectivity index (χ0) is 39.7. The van der Waals surface area contributed by atoms with Crippen LogP contribution in [0.15, 0.2) is 162 Å². The number of aromatic nitrogens is 3. The summed E-state index contributed by atoms with van der Waals surface area (Å²) < 4.78 is 81.0. The van der Waals surface area contributed by atoms with Gasteiger partial charge in [-0.1, -0.05) is 121 Å². The van der Waals surface area contributed by atoms with E-state index in [1.165, 1.54) is 6.07 Å². The Bertz CT molecular complexity index is 3100. The second-order valence-electron chi connectivity index (χ2n) is 11.4. The van der Waals surface area contributed by atoms with Crippen LogP contribution in [0.25, 0.3) is 78.0 Å². The number of fused-ring (bicyclic) bond motifs is 4. The molecule has 0 radical (unpaired) electrons. The van der Waals surface area contributed by atoms with Crippen molar-refractivity contribution in [3.63, 3.8) is 0 Å². The summed E-state index contributed by atoms with van der Waals surface area (Å²) in [5.74, 6) is 0.362.